The highest BCUT2D eigenvalue weighted by Gasteiger charge is 2.16. The summed E-state index contributed by atoms with van der Waals surface area (Å²) in [5.41, 5.74) is 3.63. The third-order valence-electron chi connectivity index (χ3n) is 3.81. The van der Waals surface area contributed by atoms with E-state index in [0.29, 0.717) is 27.2 Å². The number of methoxy groups -OCH3 is 1. The van der Waals surface area contributed by atoms with E-state index in [1.165, 1.54) is 25.5 Å². The van der Waals surface area contributed by atoms with Crippen LogP contribution >= 0.6 is 15.9 Å². The number of nitro groups is 1. The molecule has 0 spiro atoms. The van der Waals surface area contributed by atoms with Crippen LogP contribution in [0.1, 0.15) is 15.9 Å². The van der Waals surface area contributed by atoms with Crippen molar-refractivity contribution in [3.05, 3.63) is 86.5 Å². The van der Waals surface area contributed by atoms with Crippen LogP contribution in [0.15, 0.2) is 70.4 Å². The van der Waals surface area contributed by atoms with Gasteiger partial charge in [-0.1, -0.05) is 18.2 Å². The zero-order valence-electron chi connectivity index (χ0n) is 15.6. The fraction of sp³-hybridized carbons (Fsp3) is 0.0500. The maximum atomic E-state index is 12.3. The molecule has 0 aliphatic heterocycles. The lowest BCUT2D eigenvalue weighted by Gasteiger charge is -2.12. The molecule has 0 fully saturated rings. The van der Waals surface area contributed by atoms with E-state index < -0.39 is 10.9 Å². The van der Waals surface area contributed by atoms with E-state index in [9.17, 15) is 14.9 Å². The quantitative estimate of drug-likeness (QED) is 0.178. The molecule has 3 rings (SSSR count). The van der Waals surface area contributed by atoms with Crippen molar-refractivity contribution in [1.29, 1.82) is 0 Å². The highest BCUT2D eigenvalue weighted by molar-refractivity contribution is 9.10. The number of hydrogen-bond acceptors (Lipinski definition) is 8. The number of halogens is 1. The Kier molecular flexibility index (Phi) is 6.71. The van der Waals surface area contributed by atoms with Gasteiger partial charge in [0.25, 0.3) is 5.69 Å². The number of esters is 1. The van der Waals surface area contributed by atoms with E-state index in [1.54, 1.807) is 36.4 Å². The fourth-order valence-corrected chi connectivity index (χ4v) is 2.91. The summed E-state index contributed by atoms with van der Waals surface area (Å²) in [5, 5.41) is 14.7. The molecule has 152 valence electrons. The Morgan fingerprint density at radius 3 is 2.63 bits per heavy atom. The summed E-state index contributed by atoms with van der Waals surface area (Å²) in [6, 6.07) is 14.7. The Morgan fingerprint density at radius 1 is 1.23 bits per heavy atom. The largest absolute Gasteiger partial charge is 0.493 e. The molecule has 9 nitrogen and oxygen atoms in total. The van der Waals surface area contributed by atoms with Crippen LogP contribution in [0.3, 0.4) is 0 Å². The van der Waals surface area contributed by atoms with Crippen molar-refractivity contribution >= 4 is 39.6 Å². The molecule has 10 heteroatoms. The molecule has 0 saturated carbocycles. The van der Waals surface area contributed by atoms with Gasteiger partial charge in [-0.2, -0.15) is 5.10 Å². The molecule has 0 unspecified atom stereocenters. The number of benzene rings is 2. The summed E-state index contributed by atoms with van der Waals surface area (Å²) >= 11 is 3.38. The second-order valence-corrected chi connectivity index (χ2v) is 6.67. The first kappa shape index (κ1) is 20.9. The number of nitrogens with zero attached hydrogens (tertiary/aromatic N) is 3. The Labute approximate surface area is 179 Å². The number of carbonyl (C=O) groups is 1. The normalized spacial score (nSPS) is 10.6. The van der Waals surface area contributed by atoms with Gasteiger partial charge < -0.3 is 9.47 Å². The van der Waals surface area contributed by atoms with Crippen LogP contribution in [0.2, 0.25) is 0 Å². The number of carbonyl (C=O) groups excluding carboxylic acids is 1. The van der Waals surface area contributed by atoms with Crippen LogP contribution < -0.4 is 14.9 Å². The molecule has 1 aromatic heterocycles. The second kappa shape index (κ2) is 9.61. The molecule has 0 aliphatic rings. The Morgan fingerprint density at radius 2 is 2.00 bits per heavy atom. The van der Waals surface area contributed by atoms with Gasteiger partial charge in [-0.15, -0.1) is 0 Å². The number of nitrogens with one attached hydrogen (secondary N) is 1. The van der Waals surface area contributed by atoms with Gasteiger partial charge in [-0.05, 0) is 51.8 Å². The molecular weight excluding hydrogens is 456 g/mol. The molecular formula is C20H15BrN4O5. The Hall–Kier alpha value is -3.79. The molecule has 0 saturated heterocycles. The molecule has 0 radical (unpaired) electrons. The van der Waals surface area contributed by atoms with Gasteiger partial charge in [0.15, 0.2) is 11.5 Å². The van der Waals surface area contributed by atoms with Gasteiger partial charge in [-0.25, -0.2) is 9.78 Å². The lowest BCUT2D eigenvalue weighted by Crippen LogP contribution is -2.09. The van der Waals surface area contributed by atoms with Crippen LogP contribution in [-0.4, -0.2) is 29.2 Å². The number of hydrogen-bond donors (Lipinski definition) is 1. The maximum Gasteiger partial charge on any atom is 0.343 e. The number of anilines is 1. The summed E-state index contributed by atoms with van der Waals surface area (Å²) in [6.45, 7) is 0. The first-order chi connectivity index (χ1) is 14.5. The van der Waals surface area contributed by atoms with Crippen molar-refractivity contribution in [3.8, 4) is 11.5 Å². The topological polar surface area (TPSA) is 116 Å². The molecule has 0 aliphatic carbocycles. The first-order valence-corrected chi connectivity index (χ1v) is 9.31. The number of rotatable bonds is 7. The minimum absolute atomic E-state index is 0.112. The zero-order chi connectivity index (χ0) is 21.5. The predicted octanol–water partition coefficient (Wildman–Crippen LogP) is 4.43. The van der Waals surface area contributed by atoms with Crippen molar-refractivity contribution in [3.63, 3.8) is 0 Å². The van der Waals surface area contributed by atoms with Crippen LogP contribution in [0.4, 0.5) is 11.5 Å². The third-order valence-corrected chi connectivity index (χ3v) is 4.40. The standard InChI is InChI=1S/C20H15BrN4O5/c1-29-17-10-13(11-23-24-18-8-7-15(12-22-18)25(27)28)9-16(21)19(17)30-20(26)14-5-3-2-4-6-14/h2-12H,1H3,(H,22,24)/b23-11-. The van der Waals surface area contributed by atoms with Gasteiger partial charge in [0, 0.05) is 6.07 Å². The summed E-state index contributed by atoms with van der Waals surface area (Å²) < 4.78 is 11.3. The van der Waals surface area contributed by atoms with E-state index in [2.05, 4.69) is 31.4 Å². The smallest absolute Gasteiger partial charge is 0.343 e. The van der Waals surface area contributed by atoms with E-state index in [0.717, 1.165) is 6.20 Å². The molecule has 2 aromatic carbocycles. The van der Waals surface area contributed by atoms with Crippen LogP contribution in [0.5, 0.6) is 11.5 Å². The Bertz CT molecular complexity index is 1090. The lowest BCUT2D eigenvalue weighted by atomic mass is 10.2. The second-order valence-electron chi connectivity index (χ2n) is 5.82. The zero-order valence-corrected chi connectivity index (χ0v) is 17.2. The van der Waals surface area contributed by atoms with E-state index in [4.69, 9.17) is 9.47 Å². The monoisotopic (exact) mass is 470 g/mol. The van der Waals surface area contributed by atoms with Gasteiger partial charge in [0.2, 0.25) is 0 Å². The van der Waals surface area contributed by atoms with Gasteiger partial charge in [0.05, 0.1) is 28.3 Å². The van der Waals surface area contributed by atoms with Gasteiger partial charge in [-0.3, -0.25) is 15.5 Å². The average Bonchev–Trinajstić information content (AvgIpc) is 2.76. The summed E-state index contributed by atoms with van der Waals surface area (Å²) in [4.78, 5) is 26.3. The molecule has 3 aromatic rings. The molecule has 0 atom stereocenters. The molecule has 0 bridgehead atoms. The SMILES string of the molecule is COc1cc(/C=N\Nc2ccc([N+](=O)[O-])cn2)cc(Br)c1OC(=O)c1ccccc1. The highest BCUT2D eigenvalue weighted by Crippen LogP contribution is 2.36. The maximum absolute atomic E-state index is 12.3. The molecule has 0 amide bonds. The van der Waals surface area contributed by atoms with Crippen molar-refractivity contribution in [2.75, 3.05) is 12.5 Å². The summed E-state index contributed by atoms with van der Waals surface area (Å²) in [6.07, 6.45) is 2.63. The van der Waals surface area contributed by atoms with Crippen molar-refractivity contribution in [2.45, 2.75) is 0 Å². The minimum atomic E-state index is -0.532. The van der Waals surface area contributed by atoms with Crippen LogP contribution in [0, 0.1) is 10.1 Å². The fourth-order valence-electron chi connectivity index (χ4n) is 2.37. The van der Waals surface area contributed by atoms with Crippen molar-refractivity contribution in [2.24, 2.45) is 5.10 Å². The number of ether oxygens (including phenoxy) is 2. The number of hydrazone groups is 1. The van der Waals surface area contributed by atoms with Crippen molar-refractivity contribution in [1.82, 2.24) is 4.98 Å². The van der Waals surface area contributed by atoms with Gasteiger partial charge in [0.1, 0.15) is 12.0 Å². The van der Waals surface area contributed by atoms with Gasteiger partial charge >= 0.3 is 5.97 Å². The van der Waals surface area contributed by atoms with E-state index in [-0.39, 0.29) is 11.4 Å². The number of aromatic nitrogens is 1. The predicted molar refractivity (Wildman–Crippen MR) is 114 cm³/mol. The summed E-state index contributed by atoms with van der Waals surface area (Å²) in [5.74, 6) is 0.412. The van der Waals surface area contributed by atoms with E-state index in [1.807, 2.05) is 6.07 Å². The molecule has 30 heavy (non-hydrogen) atoms. The Balaban J connectivity index is 1.73. The number of pyridine rings is 1. The highest BCUT2D eigenvalue weighted by atomic mass is 79.9. The summed E-state index contributed by atoms with van der Waals surface area (Å²) in [7, 11) is 1.46. The molecule has 1 N–H and O–H groups in total. The lowest BCUT2D eigenvalue weighted by molar-refractivity contribution is -0.385. The third kappa shape index (κ3) is 5.17. The van der Waals surface area contributed by atoms with E-state index >= 15 is 0 Å². The minimum Gasteiger partial charge on any atom is -0.493 e. The average molecular weight is 471 g/mol. The van der Waals surface area contributed by atoms with Crippen LogP contribution in [0.25, 0.3) is 0 Å². The molecule has 1 heterocycles. The van der Waals surface area contributed by atoms with Crippen molar-refractivity contribution < 1.29 is 19.2 Å². The first-order valence-electron chi connectivity index (χ1n) is 8.52. The van der Waals surface area contributed by atoms with Crippen LogP contribution in [-0.2, 0) is 0 Å².